The largest absolute Gasteiger partial charge is 0.497 e. The van der Waals surface area contributed by atoms with Crippen LogP contribution >= 0.6 is 23.1 Å². The molecule has 2 N–H and O–H groups in total. The fourth-order valence-electron chi connectivity index (χ4n) is 1.86. The first-order valence-corrected chi connectivity index (χ1v) is 8.14. The predicted octanol–water partition coefficient (Wildman–Crippen LogP) is 3.02. The van der Waals surface area contributed by atoms with Crippen LogP contribution < -0.4 is 10.6 Å². The molecule has 0 bridgehead atoms. The molecule has 7 heteroatoms. The van der Waals surface area contributed by atoms with Gasteiger partial charge in [-0.2, -0.15) is 0 Å². The maximum atomic E-state index is 6.07. The van der Waals surface area contributed by atoms with Crippen molar-refractivity contribution in [1.29, 1.82) is 0 Å². The average molecular weight is 318 g/mol. The molecule has 1 aromatic carbocycles. The zero-order valence-corrected chi connectivity index (χ0v) is 13.0. The van der Waals surface area contributed by atoms with Gasteiger partial charge in [0.1, 0.15) is 5.75 Å². The summed E-state index contributed by atoms with van der Waals surface area (Å²) < 4.78 is 6.76. The molecular formula is C14H14N4OS2. The molecule has 2 heterocycles. The van der Waals surface area contributed by atoms with Crippen LogP contribution in [0.1, 0.15) is 5.56 Å². The van der Waals surface area contributed by atoms with E-state index < -0.39 is 0 Å². The van der Waals surface area contributed by atoms with Gasteiger partial charge in [0.05, 0.1) is 12.0 Å². The fourth-order valence-corrected chi connectivity index (χ4v) is 3.36. The van der Waals surface area contributed by atoms with Gasteiger partial charge in [0.25, 0.3) is 0 Å². The minimum atomic E-state index is 0.693. The Hall–Kier alpha value is -1.99. The number of ether oxygens (including phenoxy) is 1. The van der Waals surface area contributed by atoms with E-state index in [0.717, 1.165) is 21.9 Å². The highest BCUT2D eigenvalue weighted by Crippen LogP contribution is 2.27. The van der Waals surface area contributed by atoms with Crippen molar-refractivity contribution < 1.29 is 4.74 Å². The van der Waals surface area contributed by atoms with E-state index in [2.05, 4.69) is 10.2 Å². The number of methoxy groups -OCH3 is 1. The summed E-state index contributed by atoms with van der Waals surface area (Å²) in [6, 6.07) is 11.9. The second kappa shape index (κ2) is 6.19. The van der Waals surface area contributed by atoms with Crippen molar-refractivity contribution in [2.75, 3.05) is 13.0 Å². The smallest absolute Gasteiger partial charge is 0.210 e. The van der Waals surface area contributed by atoms with Gasteiger partial charge < -0.3 is 10.6 Å². The lowest BCUT2D eigenvalue weighted by atomic mass is 10.2. The molecule has 108 valence electrons. The molecule has 5 nitrogen and oxygen atoms in total. The van der Waals surface area contributed by atoms with Crippen molar-refractivity contribution in [3.05, 3.63) is 47.3 Å². The summed E-state index contributed by atoms with van der Waals surface area (Å²) in [5.41, 5.74) is 1.15. The standard InChI is InChI=1S/C14H14N4OS2/c1-19-11-5-2-4-10(8-11)9-21-14-17-16-13(18(14)15)12-6-3-7-20-12/h2-8H,9,15H2,1H3. The maximum Gasteiger partial charge on any atom is 0.210 e. The third kappa shape index (κ3) is 3.03. The van der Waals surface area contributed by atoms with Crippen LogP contribution in [0.4, 0.5) is 0 Å². The third-order valence-electron chi connectivity index (χ3n) is 2.91. The molecule has 3 aromatic rings. The summed E-state index contributed by atoms with van der Waals surface area (Å²) in [7, 11) is 1.66. The van der Waals surface area contributed by atoms with Crippen LogP contribution in [-0.2, 0) is 5.75 Å². The molecule has 3 rings (SSSR count). The molecule has 0 atom stereocenters. The first kappa shape index (κ1) is 14.0. The molecule has 0 aliphatic carbocycles. The van der Waals surface area contributed by atoms with Crippen LogP contribution in [0.25, 0.3) is 10.7 Å². The molecule has 0 fully saturated rings. The van der Waals surface area contributed by atoms with Gasteiger partial charge in [-0.15, -0.1) is 21.5 Å². The number of hydrogen-bond donors (Lipinski definition) is 1. The van der Waals surface area contributed by atoms with E-state index in [0.29, 0.717) is 11.0 Å². The lowest BCUT2D eigenvalue weighted by molar-refractivity contribution is 0.414. The molecule has 0 aliphatic heterocycles. The van der Waals surface area contributed by atoms with Gasteiger partial charge in [-0.05, 0) is 29.1 Å². The van der Waals surface area contributed by atoms with Crippen LogP contribution in [0, 0.1) is 0 Å². The number of nitrogens with zero attached hydrogens (tertiary/aromatic N) is 3. The molecule has 21 heavy (non-hydrogen) atoms. The lowest BCUT2D eigenvalue weighted by Gasteiger charge is -2.04. The topological polar surface area (TPSA) is 66.0 Å². The van der Waals surface area contributed by atoms with Gasteiger partial charge >= 0.3 is 0 Å². The zero-order chi connectivity index (χ0) is 14.7. The van der Waals surface area contributed by atoms with E-state index in [-0.39, 0.29) is 0 Å². The van der Waals surface area contributed by atoms with Crippen LogP contribution in [-0.4, -0.2) is 22.0 Å². The lowest BCUT2D eigenvalue weighted by Crippen LogP contribution is -2.11. The quantitative estimate of drug-likeness (QED) is 0.578. The van der Waals surface area contributed by atoms with Crippen LogP contribution in [0.3, 0.4) is 0 Å². The second-order valence-electron chi connectivity index (χ2n) is 4.29. The Morgan fingerprint density at radius 3 is 2.95 bits per heavy atom. The SMILES string of the molecule is COc1cccc(CSc2nnc(-c3cccs3)n2N)c1. The fraction of sp³-hybridized carbons (Fsp3) is 0.143. The van der Waals surface area contributed by atoms with E-state index in [1.807, 2.05) is 41.8 Å². The molecule has 0 saturated heterocycles. The Morgan fingerprint density at radius 1 is 1.29 bits per heavy atom. The normalized spacial score (nSPS) is 10.7. The Labute approximate surface area is 130 Å². The van der Waals surface area contributed by atoms with Gasteiger partial charge in [-0.3, -0.25) is 0 Å². The Kier molecular flexibility index (Phi) is 4.12. The monoisotopic (exact) mass is 318 g/mol. The summed E-state index contributed by atoms with van der Waals surface area (Å²) in [6.07, 6.45) is 0. The van der Waals surface area contributed by atoms with Crippen LogP contribution in [0.2, 0.25) is 0 Å². The summed E-state index contributed by atoms with van der Waals surface area (Å²) in [4.78, 5) is 1.01. The number of hydrogen-bond acceptors (Lipinski definition) is 6. The molecule has 0 aliphatic rings. The molecule has 2 aromatic heterocycles. The molecule has 0 saturated carbocycles. The highest BCUT2D eigenvalue weighted by Gasteiger charge is 2.12. The van der Waals surface area contributed by atoms with Crippen molar-refractivity contribution in [1.82, 2.24) is 14.9 Å². The Morgan fingerprint density at radius 2 is 2.19 bits per heavy atom. The van der Waals surface area contributed by atoms with Crippen molar-refractivity contribution in [2.45, 2.75) is 10.9 Å². The van der Waals surface area contributed by atoms with Crippen LogP contribution in [0.5, 0.6) is 5.75 Å². The number of thioether (sulfide) groups is 1. The number of rotatable bonds is 5. The summed E-state index contributed by atoms with van der Waals surface area (Å²) in [5.74, 6) is 8.37. The van der Waals surface area contributed by atoms with Gasteiger partial charge in [0, 0.05) is 5.75 Å². The van der Waals surface area contributed by atoms with Crippen molar-refractivity contribution >= 4 is 23.1 Å². The maximum absolute atomic E-state index is 6.07. The number of aromatic nitrogens is 3. The summed E-state index contributed by atoms with van der Waals surface area (Å²) in [5, 5.41) is 11.0. The van der Waals surface area contributed by atoms with Gasteiger partial charge in [0.2, 0.25) is 5.16 Å². The number of nitrogens with two attached hydrogens (primary N) is 1. The minimum Gasteiger partial charge on any atom is -0.497 e. The van der Waals surface area contributed by atoms with Crippen molar-refractivity contribution in [2.24, 2.45) is 0 Å². The number of nitrogen functional groups attached to an aromatic ring is 1. The summed E-state index contributed by atoms with van der Waals surface area (Å²) in [6.45, 7) is 0. The van der Waals surface area contributed by atoms with Gasteiger partial charge in [-0.25, -0.2) is 4.68 Å². The van der Waals surface area contributed by atoms with Crippen molar-refractivity contribution in [3.63, 3.8) is 0 Å². The second-order valence-corrected chi connectivity index (χ2v) is 6.18. The molecular weight excluding hydrogens is 304 g/mol. The van der Waals surface area contributed by atoms with E-state index in [9.17, 15) is 0 Å². The van der Waals surface area contributed by atoms with E-state index in [4.69, 9.17) is 10.6 Å². The predicted molar refractivity (Wildman–Crippen MR) is 86.0 cm³/mol. The average Bonchev–Trinajstić information content (AvgIpc) is 3.15. The summed E-state index contributed by atoms with van der Waals surface area (Å²) >= 11 is 3.14. The first-order valence-electron chi connectivity index (χ1n) is 6.28. The molecule has 0 spiro atoms. The van der Waals surface area contributed by atoms with Crippen molar-refractivity contribution in [3.8, 4) is 16.5 Å². The first-order chi connectivity index (χ1) is 10.3. The van der Waals surface area contributed by atoms with Gasteiger partial charge in [-0.1, -0.05) is 30.0 Å². The third-order valence-corrected chi connectivity index (χ3v) is 4.79. The van der Waals surface area contributed by atoms with Crippen LogP contribution in [0.15, 0.2) is 46.9 Å². The van der Waals surface area contributed by atoms with E-state index >= 15 is 0 Å². The Balaban J connectivity index is 1.74. The number of thiophene rings is 1. The highest BCUT2D eigenvalue weighted by atomic mass is 32.2. The number of benzene rings is 1. The van der Waals surface area contributed by atoms with E-state index in [1.165, 1.54) is 4.68 Å². The molecule has 0 unspecified atom stereocenters. The van der Waals surface area contributed by atoms with Gasteiger partial charge in [0.15, 0.2) is 5.82 Å². The molecule has 0 amide bonds. The zero-order valence-electron chi connectivity index (χ0n) is 11.4. The molecule has 0 radical (unpaired) electrons. The Bertz CT molecular complexity index is 724. The van der Waals surface area contributed by atoms with E-state index in [1.54, 1.807) is 30.2 Å². The minimum absolute atomic E-state index is 0.693. The highest BCUT2D eigenvalue weighted by molar-refractivity contribution is 7.98.